The second kappa shape index (κ2) is 8.09. The minimum atomic E-state index is -3.57. The summed E-state index contributed by atoms with van der Waals surface area (Å²) >= 11 is 0. The Kier molecular flexibility index (Phi) is 5.65. The van der Waals surface area contributed by atoms with E-state index in [9.17, 15) is 13.4 Å². The van der Waals surface area contributed by atoms with E-state index in [0.717, 1.165) is 61.4 Å². The lowest BCUT2D eigenvalue weighted by Crippen LogP contribution is -2.19. The van der Waals surface area contributed by atoms with Crippen LogP contribution in [0.2, 0.25) is 0 Å². The second-order valence-corrected chi connectivity index (χ2v) is 10.1. The molecular formula is C22H27FN4O2S. The van der Waals surface area contributed by atoms with Crippen LogP contribution in [0.25, 0.3) is 0 Å². The predicted molar refractivity (Wildman–Crippen MR) is 116 cm³/mol. The molecule has 2 aromatic rings. The quantitative estimate of drug-likeness (QED) is 0.773. The highest BCUT2D eigenvalue weighted by molar-refractivity contribution is 7.91. The van der Waals surface area contributed by atoms with E-state index < -0.39 is 21.8 Å². The number of hydrogen-bond donors (Lipinski definition) is 2. The maximum absolute atomic E-state index is 14.4. The van der Waals surface area contributed by atoms with Crippen LogP contribution in [-0.2, 0) is 42.1 Å². The van der Waals surface area contributed by atoms with Gasteiger partial charge >= 0.3 is 6.03 Å². The van der Waals surface area contributed by atoms with E-state index >= 15 is 0 Å². The molecule has 2 aromatic carbocycles. The smallest absolute Gasteiger partial charge is 0.305 e. The molecule has 2 aliphatic rings. The number of carbonyl (C=O) groups is 1. The van der Waals surface area contributed by atoms with Gasteiger partial charge in [0.25, 0.3) is 0 Å². The van der Waals surface area contributed by atoms with Crippen molar-refractivity contribution in [1.82, 2.24) is 4.90 Å². The number of anilines is 1. The molecule has 0 fully saturated rings. The number of aryl methyl sites for hydroxylation is 2. The molecule has 0 heterocycles. The lowest BCUT2D eigenvalue weighted by molar-refractivity contribution is 0.260. The van der Waals surface area contributed by atoms with Crippen LogP contribution in [0.4, 0.5) is 14.9 Å². The van der Waals surface area contributed by atoms with E-state index in [-0.39, 0.29) is 4.90 Å². The molecule has 3 N–H and O–H groups in total. The van der Waals surface area contributed by atoms with E-state index in [2.05, 4.69) is 15.7 Å². The number of rotatable bonds is 4. The molecule has 6 nitrogen and oxygen atoms in total. The van der Waals surface area contributed by atoms with E-state index in [0.29, 0.717) is 12.1 Å². The Morgan fingerprint density at radius 1 is 1.13 bits per heavy atom. The molecule has 0 aromatic heterocycles. The molecule has 1 unspecified atom stereocenters. The SMILES string of the molecule is CN(C)Cc1ccc(S(N)(=O)=NC(=O)Nc2c3c(cc4c2CCC4)CCC3)cc1F. The molecular weight excluding hydrogens is 403 g/mol. The van der Waals surface area contributed by atoms with Gasteiger partial charge in [-0.15, -0.1) is 4.36 Å². The largest absolute Gasteiger partial charge is 0.354 e. The number of fused-ring (bicyclic) bond motifs is 2. The van der Waals surface area contributed by atoms with E-state index in [4.69, 9.17) is 5.14 Å². The van der Waals surface area contributed by atoms with Crippen LogP contribution in [0.5, 0.6) is 0 Å². The molecule has 160 valence electrons. The van der Waals surface area contributed by atoms with Gasteiger partial charge in [-0.1, -0.05) is 12.1 Å². The molecule has 0 radical (unpaired) electrons. The van der Waals surface area contributed by atoms with Crippen molar-refractivity contribution in [1.29, 1.82) is 0 Å². The van der Waals surface area contributed by atoms with Crippen LogP contribution >= 0.6 is 0 Å². The Hall–Kier alpha value is -2.29. The third-order valence-electron chi connectivity index (χ3n) is 5.77. The third-order valence-corrected chi connectivity index (χ3v) is 7.14. The molecule has 2 aliphatic carbocycles. The molecule has 0 spiro atoms. The van der Waals surface area contributed by atoms with Crippen molar-refractivity contribution >= 4 is 21.6 Å². The fourth-order valence-electron chi connectivity index (χ4n) is 4.45. The van der Waals surface area contributed by atoms with Gasteiger partial charge in [0.15, 0.2) is 0 Å². The standard InChI is InChI=1S/C22H27FN4O2S/c1-27(2)13-16-9-10-17(12-20(16)23)30(24,29)26-22(28)25-21-18-7-3-5-14(18)11-15-6-4-8-19(15)21/h9-12H,3-8,13H2,1-2H3,(H3,24,25,26,28,29). The first-order valence-corrected chi connectivity index (χ1v) is 11.8. The Morgan fingerprint density at radius 2 is 1.77 bits per heavy atom. The molecule has 30 heavy (non-hydrogen) atoms. The maximum atomic E-state index is 14.4. The summed E-state index contributed by atoms with van der Waals surface area (Å²) in [7, 11) is 0.0930. The summed E-state index contributed by atoms with van der Waals surface area (Å²) in [5.41, 5.74) is 6.13. The zero-order chi connectivity index (χ0) is 21.5. The summed E-state index contributed by atoms with van der Waals surface area (Å²) in [5, 5.41) is 8.72. The highest BCUT2D eigenvalue weighted by Gasteiger charge is 2.25. The molecule has 0 aliphatic heterocycles. The van der Waals surface area contributed by atoms with Gasteiger partial charge in [0.2, 0.25) is 0 Å². The van der Waals surface area contributed by atoms with Crippen LogP contribution in [-0.4, -0.2) is 29.2 Å². The van der Waals surface area contributed by atoms with Crippen LogP contribution in [0.1, 0.15) is 40.7 Å². The number of carbonyl (C=O) groups excluding carboxylic acids is 1. The number of nitrogens with one attached hydrogen (secondary N) is 1. The summed E-state index contributed by atoms with van der Waals surface area (Å²) in [6, 6.07) is 5.62. The van der Waals surface area contributed by atoms with Gasteiger partial charge in [0, 0.05) is 17.8 Å². The van der Waals surface area contributed by atoms with Crippen molar-refractivity contribution in [3.8, 4) is 0 Å². The fourth-order valence-corrected chi connectivity index (χ4v) is 5.38. The van der Waals surface area contributed by atoms with Gasteiger partial charge in [0.1, 0.15) is 15.7 Å². The predicted octanol–water partition coefficient (Wildman–Crippen LogP) is 3.80. The average Bonchev–Trinajstić information content (AvgIpc) is 3.31. The van der Waals surface area contributed by atoms with Crippen molar-refractivity contribution in [2.75, 3.05) is 19.4 Å². The fraction of sp³-hybridized carbons (Fsp3) is 0.409. The van der Waals surface area contributed by atoms with E-state index in [1.54, 1.807) is 0 Å². The number of benzene rings is 2. The highest BCUT2D eigenvalue weighted by Crippen LogP contribution is 2.38. The van der Waals surface area contributed by atoms with Crippen molar-refractivity contribution in [3.05, 3.63) is 57.9 Å². The number of nitrogens with zero attached hydrogens (tertiary/aromatic N) is 2. The van der Waals surface area contributed by atoms with Gasteiger partial charge in [-0.3, -0.25) is 0 Å². The third kappa shape index (κ3) is 4.12. The van der Waals surface area contributed by atoms with Crippen molar-refractivity contribution in [2.24, 2.45) is 9.50 Å². The second-order valence-electron chi connectivity index (χ2n) is 8.32. The lowest BCUT2D eigenvalue weighted by Gasteiger charge is -2.15. The minimum Gasteiger partial charge on any atom is -0.305 e. The van der Waals surface area contributed by atoms with Crippen LogP contribution in [0.15, 0.2) is 33.5 Å². The minimum absolute atomic E-state index is 0.00109. The zero-order valence-corrected chi connectivity index (χ0v) is 18.2. The van der Waals surface area contributed by atoms with Crippen LogP contribution in [0.3, 0.4) is 0 Å². The Morgan fingerprint density at radius 3 is 2.33 bits per heavy atom. The number of halogens is 1. The average molecular weight is 431 g/mol. The summed E-state index contributed by atoms with van der Waals surface area (Å²) in [4.78, 5) is 14.5. The summed E-state index contributed by atoms with van der Waals surface area (Å²) in [5.74, 6) is -0.520. The Labute approximate surface area is 177 Å². The molecule has 0 saturated carbocycles. The highest BCUT2D eigenvalue weighted by atomic mass is 32.2. The van der Waals surface area contributed by atoms with Gasteiger partial charge in [-0.2, -0.15) is 0 Å². The lowest BCUT2D eigenvalue weighted by atomic mass is 9.99. The van der Waals surface area contributed by atoms with Crippen molar-refractivity contribution in [3.63, 3.8) is 0 Å². The van der Waals surface area contributed by atoms with Gasteiger partial charge in [0.05, 0.1) is 4.90 Å². The van der Waals surface area contributed by atoms with Crippen molar-refractivity contribution in [2.45, 2.75) is 50.0 Å². The van der Waals surface area contributed by atoms with Crippen LogP contribution in [0, 0.1) is 5.82 Å². The van der Waals surface area contributed by atoms with Gasteiger partial charge < -0.3 is 10.2 Å². The molecule has 2 amide bonds. The monoisotopic (exact) mass is 430 g/mol. The number of amides is 2. The van der Waals surface area contributed by atoms with Crippen molar-refractivity contribution < 1.29 is 13.4 Å². The van der Waals surface area contributed by atoms with E-state index in [1.807, 2.05) is 19.0 Å². The summed E-state index contributed by atoms with van der Waals surface area (Å²) in [6.07, 6.45) is 5.96. The zero-order valence-electron chi connectivity index (χ0n) is 17.3. The number of hydrogen-bond acceptors (Lipinski definition) is 3. The molecule has 0 saturated heterocycles. The maximum Gasteiger partial charge on any atom is 0.354 e. The number of urea groups is 1. The molecule has 0 bridgehead atoms. The van der Waals surface area contributed by atoms with Gasteiger partial charge in [-0.05, 0) is 87.0 Å². The normalized spacial score (nSPS) is 16.8. The van der Waals surface area contributed by atoms with E-state index in [1.165, 1.54) is 23.3 Å². The first-order valence-electron chi connectivity index (χ1n) is 10.2. The summed E-state index contributed by atoms with van der Waals surface area (Å²) < 4.78 is 31.0. The first kappa shape index (κ1) is 21.0. The molecule has 4 rings (SSSR count). The molecule has 1 atom stereocenters. The first-order chi connectivity index (χ1) is 14.2. The van der Waals surface area contributed by atoms with Crippen LogP contribution < -0.4 is 10.5 Å². The topological polar surface area (TPSA) is 87.8 Å². The Balaban J connectivity index is 1.62. The summed E-state index contributed by atoms with van der Waals surface area (Å²) in [6.45, 7) is 0.403. The number of nitrogens with two attached hydrogens (primary N) is 1. The Bertz CT molecular complexity index is 1100. The molecule has 8 heteroatoms. The van der Waals surface area contributed by atoms with Gasteiger partial charge in [-0.25, -0.2) is 18.5 Å².